The Morgan fingerprint density at radius 1 is 1.21 bits per heavy atom. The van der Waals surface area contributed by atoms with E-state index in [4.69, 9.17) is 16.3 Å². The number of phenolic OH excluding ortho intramolecular Hbond substituents is 1. The first-order chi connectivity index (χ1) is 18.7. The number of carbonyl (C=O) groups is 1. The Hall–Kier alpha value is -4.21. The molecule has 1 amide bonds. The third-order valence-corrected chi connectivity index (χ3v) is 7.52. The SMILES string of the molecule is COc1cc(C=c2sc3nc(-c4cccc(C(=O)N(C)CCc5cccc(F)c5)c4)cn3c2=O)cc(Cl)c1O. The molecule has 0 fully saturated rings. The van der Waals surface area contributed by atoms with Crippen LogP contribution in [0.5, 0.6) is 11.5 Å². The number of amides is 1. The highest BCUT2D eigenvalue weighted by atomic mass is 35.5. The van der Waals surface area contributed by atoms with E-state index in [9.17, 15) is 19.1 Å². The first-order valence-corrected chi connectivity index (χ1v) is 13.1. The summed E-state index contributed by atoms with van der Waals surface area (Å²) in [7, 11) is 3.13. The highest BCUT2D eigenvalue weighted by Gasteiger charge is 2.16. The number of carbonyl (C=O) groups excluding carboxylic acids is 1. The molecule has 2 aromatic heterocycles. The van der Waals surface area contributed by atoms with Gasteiger partial charge in [-0.05, 0) is 60.0 Å². The lowest BCUT2D eigenvalue weighted by Gasteiger charge is -2.17. The van der Waals surface area contributed by atoms with E-state index >= 15 is 0 Å². The van der Waals surface area contributed by atoms with E-state index in [1.807, 2.05) is 12.1 Å². The summed E-state index contributed by atoms with van der Waals surface area (Å²) in [6.07, 6.45) is 3.84. The second kappa shape index (κ2) is 10.9. The average Bonchev–Trinajstić information content (AvgIpc) is 3.48. The van der Waals surface area contributed by atoms with Gasteiger partial charge in [-0.3, -0.25) is 14.0 Å². The fourth-order valence-electron chi connectivity index (χ4n) is 4.18. The van der Waals surface area contributed by atoms with Gasteiger partial charge >= 0.3 is 0 Å². The molecular weight excluding hydrogens is 541 g/mol. The molecule has 0 aliphatic carbocycles. The van der Waals surface area contributed by atoms with E-state index in [1.54, 1.807) is 60.6 Å². The van der Waals surface area contributed by atoms with Crippen LogP contribution in [-0.4, -0.2) is 46.0 Å². The average molecular weight is 564 g/mol. The zero-order valence-electron chi connectivity index (χ0n) is 21.0. The number of ether oxygens (including phenoxy) is 1. The second-order valence-corrected chi connectivity index (χ2v) is 10.4. The number of fused-ring (bicyclic) bond motifs is 1. The van der Waals surface area contributed by atoms with Gasteiger partial charge in [0.2, 0.25) is 0 Å². The molecule has 39 heavy (non-hydrogen) atoms. The normalized spacial score (nSPS) is 11.7. The van der Waals surface area contributed by atoms with E-state index in [1.165, 1.54) is 35.0 Å². The minimum atomic E-state index is -0.301. The molecular formula is C29H23ClFN3O4S. The molecule has 0 aliphatic rings. The minimum Gasteiger partial charge on any atom is -0.503 e. The van der Waals surface area contributed by atoms with Crippen LogP contribution in [-0.2, 0) is 6.42 Å². The molecule has 7 nitrogen and oxygen atoms in total. The van der Waals surface area contributed by atoms with Crippen LogP contribution in [0.4, 0.5) is 4.39 Å². The van der Waals surface area contributed by atoms with Crippen LogP contribution in [0.25, 0.3) is 22.3 Å². The Labute approximate surface area is 232 Å². The van der Waals surface area contributed by atoms with Crippen molar-refractivity contribution < 1.29 is 19.0 Å². The summed E-state index contributed by atoms with van der Waals surface area (Å²) in [6.45, 7) is 0.434. The molecule has 5 rings (SSSR count). The Bertz CT molecular complexity index is 1820. The summed E-state index contributed by atoms with van der Waals surface area (Å²) in [5, 5.41) is 10.1. The molecule has 2 heterocycles. The first kappa shape index (κ1) is 26.4. The zero-order valence-corrected chi connectivity index (χ0v) is 22.6. The van der Waals surface area contributed by atoms with E-state index in [2.05, 4.69) is 4.98 Å². The highest BCUT2D eigenvalue weighted by molar-refractivity contribution is 7.15. The Kier molecular flexibility index (Phi) is 7.36. The number of aromatic nitrogens is 2. The summed E-state index contributed by atoms with van der Waals surface area (Å²) in [5.41, 5.74) is 2.93. The van der Waals surface area contributed by atoms with Crippen LogP contribution in [0, 0.1) is 5.82 Å². The van der Waals surface area contributed by atoms with E-state index < -0.39 is 0 Å². The van der Waals surface area contributed by atoms with Gasteiger partial charge in [0, 0.05) is 30.9 Å². The van der Waals surface area contributed by atoms with Crippen molar-refractivity contribution >= 4 is 39.9 Å². The Morgan fingerprint density at radius 2 is 2.00 bits per heavy atom. The van der Waals surface area contributed by atoms with Crippen molar-refractivity contribution in [1.29, 1.82) is 0 Å². The Morgan fingerprint density at radius 3 is 2.74 bits per heavy atom. The van der Waals surface area contributed by atoms with Gasteiger partial charge in [0.15, 0.2) is 16.5 Å². The minimum absolute atomic E-state index is 0.116. The lowest BCUT2D eigenvalue weighted by Crippen LogP contribution is -2.28. The molecule has 0 spiro atoms. The number of imidazole rings is 1. The zero-order chi connectivity index (χ0) is 27.7. The van der Waals surface area contributed by atoms with Crippen molar-refractivity contribution in [3.63, 3.8) is 0 Å². The van der Waals surface area contributed by atoms with Crippen LogP contribution >= 0.6 is 22.9 Å². The largest absolute Gasteiger partial charge is 0.503 e. The van der Waals surface area contributed by atoms with Crippen molar-refractivity contribution in [2.24, 2.45) is 0 Å². The van der Waals surface area contributed by atoms with Crippen LogP contribution in [0.1, 0.15) is 21.5 Å². The molecule has 198 valence electrons. The maximum atomic E-state index is 13.4. The maximum Gasteiger partial charge on any atom is 0.274 e. The smallest absolute Gasteiger partial charge is 0.274 e. The van der Waals surface area contributed by atoms with Gasteiger partial charge in [-0.25, -0.2) is 9.37 Å². The standard InChI is InChI=1S/C29H23ClFN3O4S/c1-33(10-9-17-5-3-8-21(31)11-17)27(36)20-7-4-6-19(15-20)23-16-34-28(37)25(39-29(34)32-23)14-18-12-22(30)26(35)24(13-18)38-2/h3-8,11-16,35H,9-10H2,1-2H3. The molecule has 10 heteroatoms. The number of nitrogens with zero attached hydrogens (tertiary/aromatic N) is 3. The van der Waals surface area contributed by atoms with Gasteiger partial charge in [0.25, 0.3) is 11.5 Å². The summed E-state index contributed by atoms with van der Waals surface area (Å²) in [6, 6.07) is 16.6. The van der Waals surface area contributed by atoms with Gasteiger partial charge in [-0.2, -0.15) is 0 Å². The van der Waals surface area contributed by atoms with Gasteiger partial charge in [-0.1, -0.05) is 47.2 Å². The van der Waals surface area contributed by atoms with E-state index in [0.717, 1.165) is 5.56 Å². The summed E-state index contributed by atoms with van der Waals surface area (Å²) >= 11 is 7.29. The second-order valence-electron chi connectivity index (χ2n) is 8.94. The third kappa shape index (κ3) is 5.50. The molecule has 0 radical (unpaired) electrons. The topological polar surface area (TPSA) is 84.1 Å². The monoisotopic (exact) mass is 563 g/mol. The van der Waals surface area contributed by atoms with E-state index in [0.29, 0.717) is 44.8 Å². The molecule has 0 unspecified atom stereocenters. The number of likely N-dealkylation sites (N-methyl/N-ethyl adjacent to an activating group) is 1. The first-order valence-electron chi connectivity index (χ1n) is 11.9. The predicted molar refractivity (Wildman–Crippen MR) is 150 cm³/mol. The van der Waals surface area contributed by atoms with Gasteiger partial charge < -0.3 is 14.7 Å². The lowest BCUT2D eigenvalue weighted by molar-refractivity contribution is 0.0796. The summed E-state index contributed by atoms with van der Waals surface area (Å²) in [5.74, 6) is -0.425. The predicted octanol–water partition coefficient (Wildman–Crippen LogP) is 4.79. The molecule has 3 aromatic carbocycles. The van der Waals surface area contributed by atoms with Crippen molar-refractivity contribution in [2.45, 2.75) is 6.42 Å². The molecule has 0 atom stereocenters. The van der Waals surface area contributed by atoms with Crippen molar-refractivity contribution in [2.75, 3.05) is 20.7 Å². The fraction of sp³-hybridized carbons (Fsp3) is 0.138. The van der Waals surface area contributed by atoms with Crippen molar-refractivity contribution in [3.05, 3.63) is 109 Å². The van der Waals surface area contributed by atoms with Crippen LogP contribution in [0.2, 0.25) is 5.02 Å². The number of benzene rings is 3. The van der Waals surface area contributed by atoms with Crippen LogP contribution < -0.4 is 14.8 Å². The fourth-order valence-corrected chi connectivity index (χ4v) is 5.35. The van der Waals surface area contributed by atoms with Crippen molar-refractivity contribution in [1.82, 2.24) is 14.3 Å². The molecule has 0 aliphatic heterocycles. The third-order valence-electron chi connectivity index (χ3n) is 6.25. The van der Waals surface area contributed by atoms with Gasteiger partial charge in [-0.15, -0.1) is 0 Å². The number of aromatic hydroxyl groups is 1. The maximum absolute atomic E-state index is 13.4. The molecule has 1 N–H and O–H groups in total. The highest BCUT2D eigenvalue weighted by Crippen LogP contribution is 2.35. The summed E-state index contributed by atoms with van der Waals surface area (Å²) < 4.78 is 20.5. The van der Waals surface area contributed by atoms with Gasteiger partial charge in [0.1, 0.15) is 5.82 Å². The number of phenols is 1. The Balaban J connectivity index is 1.38. The molecule has 0 bridgehead atoms. The van der Waals surface area contributed by atoms with Crippen LogP contribution in [0.15, 0.2) is 71.7 Å². The molecule has 5 aromatic rings. The summed E-state index contributed by atoms with van der Waals surface area (Å²) in [4.78, 5) is 32.8. The number of methoxy groups -OCH3 is 1. The number of halogens is 2. The lowest BCUT2D eigenvalue weighted by atomic mass is 10.1. The van der Waals surface area contributed by atoms with Crippen LogP contribution in [0.3, 0.4) is 0 Å². The number of hydrogen-bond donors (Lipinski definition) is 1. The van der Waals surface area contributed by atoms with Gasteiger partial charge in [0.05, 0.1) is 22.4 Å². The van der Waals surface area contributed by atoms with Crippen molar-refractivity contribution in [3.8, 4) is 22.8 Å². The molecule has 0 saturated heterocycles. The van der Waals surface area contributed by atoms with E-state index in [-0.39, 0.29) is 33.8 Å². The number of rotatable bonds is 7. The molecule has 0 saturated carbocycles. The quantitative estimate of drug-likeness (QED) is 0.308. The number of hydrogen-bond acceptors (Lipinski definition) is 6. The number of thiazole rings is 1.